The summed E-state index contributed by atoms with van der Waals surface area (Å²) in [7, 11) is 1.44. The van der Waals surface area contributed by atoms with E-state index < -0.39 is 0 Å². The van der Waals surface area contributed by atoms with E-state index >= 15 is 0 Å². The number of ether oxygens (including phenoxy) is 1. The van der Waals surface area contributed by atoms with E-state index in [0.717, 1.165) is 35.5 Å². The topological polar surface area (TPSA) is 50.4 Å². The van der Waals surface area contributed by atoms with Crippen molar-refractivity contribution >= 4 is 45.3 Å². The number of rotatable bonds is 5. The Morgan fingerprint density at radius 1 is 1.17 bits per heavy atom. The largest absolute Gasteiger partial charge is 0.465 e. The Morgan fingerprint density at radius 3 is 2.37 bits per heavy atom. The van der Waals surface area contributed by atoms with E-state index in [-0.39, 0.29) is 5.97 Å². The Balaban J connectivity index is 1.92. The summed E-state index contributed by atoms with van der Waals surface area (Å²) in [6.07, 6.45) is 3.00. The molecular weight excluding hydrogens is 412 g/mol. The van der Waals surface area contributed by atoms with Crippen LogP contribution in [0.4, 0.5) is 10.7 Å². The van der Waals surface area contributed by atoms with Gasteiger partial charge in [0.15, 0.2) is 5.11 Å². The normalized spacial score (nSPS) is 15.8. The van der Waals surface area contributed by atoms with Crippen molar-refractivity contribution < 1.29 is 9.53 Å². The monoisotopic (exact) mass is 444 g/mol. The molecule has 0 aliphatic heterocycles. The summed E-state index contributed by atoms with van der Waals surface area (Å²) in [5, 5.41) is 8.04. The average Bonchev–Trinajstić information content (AvgIpc) is 3.03. The van der Waals surface area contributed by atoms with Crippen LogP contribution in [0.5, 0.6) is 0 Å². The number of para-hydroxylation sites is 1. The van der Waals surface area contributed by atoms with Gasteiger partial charge in [-0.05, 0) is 65.9 Å². The van der Waals surface area contributed by atoms with Gasteiger partial charge in [-0.1, -0.05) is 52.8 Å². The molecule has 1 aliphatic rings. The Labute approximate surface area is 189 Å². The minimum Gasteiger partial charge on any atom is -0.465 e. The number of nitrogens with one attached hydrogen (secondary N) is 2. The van der Waals surface area contributed by atoms with Gasteiger partial charge >= 0.3 is 5.97 Å². The van der Waals surface area contributed by atoms with Crippen molar-refractivity contribution in [2.75, 3.05) is 17.7 Å². The predicted molar refractivity (Wildman–Crippen MR) is 131 cm³/mol. The van der Waals surface area contributed by atoms with E-state index in [2.05, 4.69) is 63.5 Å². The maximum absolute atomic E-state index is 12.6. The van der Waals surface area contributed by atoms with Crippen LogP contribution in [-0.4, -0.2) is 18.2 Å². The summed E-state index contributed by atoms with van der Waals surface area (Å²) in [4.78, 5) is 13.8. The first-order valence-corrected chi connectivity index (χ1v) is 11.9. The molecular formula is C24H32N2O2S2. The Bertz CT molecular complexity index is 921. The molecule has 0 spiro atoms. The molecule has 1 atom stereocenters. The zero-order valence-corrected chi connectivity index (χ0v) is 20.4. The van der Waals surface area contributed by atoms with E-state index in [1.54, 1.807) is 11.3 Å². The second kappa shape index (κ2) is 9.48. The molecule has 0 saturated carbocycles. The van der Waals surface area contributed by atoms with Crippen LogP contribution in [-0.2, 0) is 17.6 Å². The molecule has 1 aromatic heterocycles. The van der Waals surface area contributed by atoms with Crippen LogP contribution < -0.4 is 10.6 Å². The van der Waals surface area contributed by atoms with Gasteiger partial charge in [0.05, 0.1) is 12.7 Å². The third kappa shape index (κ3) is 4.70. The van der Waals surface area contributed by atoms with Crippen molar-refractivity contribution in [1.82, 2.24) is 0 Å². The first-order valence-electron chi connectivity index (χ1n) is 10.7. The van der Waals surface area contributed by atoms with Crippen molar-refractivity contribution in [3.05, 3.63) is 45.3 Å². The molecule has 0 bridgehead atoms. The summed E-state index contributed by atoms with van der Waals surface area (Å²) in [6.45, 7) is 11.0. The standard InChI is InChI=1S/C24H32N2O2S2/c1-13(2)16-8-7-9-17(14(3)4)21(16)25-24(29)26-22-20(23(27)28-6)18-11-10-15(5)12-19(18)30-22/h7-9,13-15H,10-12H2,1-6H3,(H2,25,26,29). The molecule has 1 aromatic carbocycles. The highest BCUT2D eigenvalue weighted by Crippen LogP contribution is 2.40. The second-order valence-corrected chi connectivity index (χ2v) is 10.3. The highest BCUT2D eigenvalue weighted by molar-refractivity contribution is 7.80. The lowest BCUT2D eigenvalue weighted by molar-refractivity contribution is 0.0601. The summed E-state index contributed by atoms with van der Waals surface area (Å²) >= 11 is 7.32. The summed E-state index contributed by atoms with van der Waals surface area (Å²) < 4.78 is 5.09. The summed E-state index contributed by atoms with van der Waals surface area (Å²) in [5.74, 6) is 1.08. The molecule has 0 amide bonds. The lowest BCUT2D eigenvalue weighted by Gasteiger charge is -2.21. The molecule has 3 rings (SSSR count). The average molecular weight is 445 g/mol. The number of anilines is 2. The van der Waals surface area contributed by atoms with Crippen molar-refractivity contribution in [2.24, 2.45) is 5.92 Å². The third-order valence-electron chi connectivity index (χ3n) is 5.74. The van der Waals surface area contributed by atoms with Gasteiger partial charge in [-0.2, -0.15) is 0 Å². The zero-order valence-electron chi connectivity index (χ0n) is 18.7. The number of fused-ring (bicyclic) bond motifs is 1. The van der Waals surface area contributed by atoms with Crippen molar-refractivity contribution in [2.45, 2.75) is 65.7 Å². The molecule has 0 radical (unpaired) electrons. The van der Waals surface area contributed by atoms with E-state index in [4.69, 9.17) is 17.0 Å². The van der Waals surface area contributed by atoms with Crippen LogP contribution in [0.25, 0.3) is 0 Å². The minimum atomic E-state index is -0.294. The molecule has 4 nitrogen and oxygen atoms in total. The number of carbonyl (C=O) groups is 1. The van der Waals surface area contributed by atoms with Gasteiger partial charge in [0.2, 0.25) is 0 Å². The van der Waals surface area contributed by atoms with Crippen molar-refractivity contribution in [1.29, 1.82) is 0 Å². The molecule has 0 saturated heterocycles. The summed E-state index contributed by atoms with van der Waals surface area (Å²) in [5.41, 5.74) is 5.31. The van der Waals surface area contributed by atoms with Crippen molar-refractivity contribution in [3.63, 3.8) is 0 Å². The van der Waals surface area contributed by atoms with Crippen LogP contribution in [0, 0.1) is 5.92 Å². The molecule has 2 N–H and O–H groups in total. The van der Waals surface area contributed by atoms with Gasteiger partial charge in [-0.3, -0.25) is 0 Å². The van der Waals surface area contributed by atoms with Crippen LogP contribution in [0.15, 0.2) is 18.2 Å². The molecule has 0 fully saturated rings. The lowest BCUT2D eigenvalue weighted by Crippen LogP contribution is -2.22. The summed E-state index contributed by atoms with van der Waals surface area (Å²) in [6, 6.07) is 6.40. The molecule has 2 aromatic rings. The fraction of sp³-hybridized carbons (Fsp3) is 0.500. The maximum Gasteiger partial charge on any atom is 0.341 e. The minimum absolute atomic E-state index is 0.294. The predicted octanol–water partition coefficient (Wildman–Crippen LogP) is 6.72. The highest BCUT2D eigenvalue weighted by Gasteiger charge is 2.28. The maximum atomic E-state index is 12.6. The van der Waals surface area contributed by atoms with Gasteiger partial charge in [0.1, 0.15) is 5.00 Å². The first-order chi connectivity index (χ1) is 14.2. The van der Waals surface area contributed by atoms with Gasteiger partial charge in [0, 0.05) is 10.6 Å². The Morgan fingerprint density at radius 2 is 1.80 bits per heavy atom. The molecule has 1 unspecified atom stereocenters. The van der Waals surface area contributed by atoms with Gasteiger partial charge in [0.25, 0.3) is 0 Å². The third-order valence-corrected chi connectivity index (χ3v) is 7.11. The van der Waals surface area contributed by atoms with Crippen LogP contribution in [0.3, 0.4) is 0 Å². The second-order valence-electron chi connectivity index (χ2n) is 8.75. The smallest absolute Gasteiger partial charge is 0.341 e. The van der Waals surface area contributed by atoms with Crippen LogP contribution in [0.2, 0.25) is 0 Å². The van der Waals surface area contributed by atoms with Gasteiger partial charge < -0.3 is 15.4 Å². The molecule has 6 heteroatoms. The molecule has 30 heavy (non-hydrogen) atoms. The number of thiophene rings is 1. The number of thiocarbonyl (C=S) groups is 1. The van der Waals surface area contributed by atoms with E-state index in [1.807, 2.05) is 0 Å². The van der Waals surface area contributed by atoms with E-state index in [1.165, 1.54) is 23.1 Å². The number of methoxy groups -OCH3 is 1. The zero-order chi connectivity index (χ0) is 22.0. The molecule has 1 aliphatic carbocycles. The SMILES string of the molecule is COC(=O)c1c(NC(=S)Nc2c(C(C)C)cccc2C(C)C)sc2c1CCC(C)C2. The van der Waals surface area contributed by atoms with E-state index in [0.29, 0.717) is 28.4 Å². The molecule has 1 heterocycles. The lowest BCUT2D eigenvalue weighted by atomic mass is 9.88. The highest BCUT2D eigenvalue weighted by atomic mass is 32.1. The fourth-order valence-corrected chi connectivity index (χ4v) is 5.77. The fourth-order valence-electron chi connectivity index (χ4n) is 4.10. The first kappa shape index (κ1) is 22.8. The van der Waals surface area contributed by atoms with Crippen LogP contribution >= 0.6 is 23.6 Å². The molecule has 162 valence electrons. The number of benzene rings is 1. The number of esters is 1. The number of hydrogen-bond donors (Lipinski definition) is 2. The Kier molecular flexibility index (Phi) is 7.19. The quantitative estimate of drug-likeness (QED) is 0.396. The Hall–Kier alpha value is -1.92. The van der Waals surface area contributed by atoms with Crippen LogP contribution in [0.1, 0.15) is 84.8 Å². The van der Waals surface area contributed by atoms with Gasteiger partial charge in [-0.25, -0.2) is 4.79 Å². The number of hydrogen-bond acceptors (Lipinski definition) is 4. The van der Waals surface area contributed by atoms with Gasteiger partial charge in [-0.15, -0.1) is 11.3 Å². The number of carbonyl (C=O) groups excluding carboxylic acids is 1. The van der Waals surface area contributed by atoms with Crippen molar-refractivity contribution in [3.8, 4) is 0 Å². The van der Waals surface area contributed by atoms with E-state index in [9.17, 15) is 4.79 Å².